The molecule has 0 bridgehead atoms. The molecule has 0 spiro atoms. The number of rotatable bonds is 7. The van der Waals surface area contributed by atoms with E-state index in [4.69, 9.17) is 19.9 Å². The number of hydrogen-bond acceptors (Lipinski definition) is 9. The van der Waals surface area contributed by atoms with Crippen molar-refractivity contribution in [3.05, 3.63) is 34.5 Å². The van der Waals surface area contributed by atoms with Crippen molar-refractivity contribution < 1.29 is 14.2 Å². The fraction of sp³-hybridized carbons (Fsp3) is 0.400. The van der Waals surface area contributed by atoms with Crippen molar-refractivity contribution in [2.45, 2.75) is 6.04 Å². The highest BCUT2D eigenvalue weighted by Crippen LogP contribution is 2.34. The van der Waals surface area contributed by atoms with Gasteiger partial charge in [0.2, 0.25) is 5.95 Å². The van der Waals surface area contributed by atoms with Crippen LogP contribution in [0.4, 0.5) is 11.8 Å². The second-order valence-corrected chi connectivity index (χ2v) is 7.70. The highest BCUT2D eigenvalue weighted by molar-refractivity contribution is 7.10. The average molecular weight is 416 g/mol. The zero-order valence-corrected chi connectivity index (χ0v) is 17.4. The van der Waals surface area contributed by atoms with Gasteiger partial charge in [-0.2, -0.15) is 4.98 Å². The van der Waals surface area contributed by atoms with Gasteiger partial charge >= 0.3 is 0 Å². The molecule has 1 unspecified atom stereocenters. The summed E-state index contributed by atoms with van der Waals surface area (Å²) in [6.45, 7) is 3.99. The summed E-state index contributed by atoms with van der Waals surface area (Å²) in [5, 5.41) is 6.22. The molecule has 2 aromatic heterocycles. The molecule has 1 fully saturated rings. The summed E-state index contributed by atoms with van der Waals surface area (Å²) < 4.78 is 16.3. The van der Waals surface area contributed by atoms with Crippen LogP contribution in [0, 0.1) is 0 Å². The molecule has 0 aliphatic carbocycles. The maximum Gasteiger partial charge on any atom is 0.225 e. The lowest BCUT2D eigenvalue weighted by Gasteiger charge is -2.34. The fourth-order valence-electron chi connectivity index (χ4n) is 3.53. The van der Waals surface area contributed by atoms with Crippen molar-refractivity contribution >= 4 is 34.0 Å². The summed E-state index contributed by atoms with van der Waals surface area (Å²) >= 11 is 1.76. The van der Waals surface area contributed by atoms with E-state index < -0.39 is 0 Å². The van der Waals surface area contributed by atoms with Crippen LogP contribution in [0.5, 0.6) is 11.5 Å². The van der Waals surface area contributed by atoms with Crippen LogP contribution in [-0.2, 0) is 4.74 Å². The lowest BCUT2D eigenvalue weighted by Crippen LogP contribution is -2.41. The van der Waals surface area contributed by atoms with Crippen LogP contribution < -0.4 is 20.5 Å². The molecule has 154 valence electrons. The van der Waals surface area contributed by atoms with Crippen molar-refractivity contribution in [2.75, 3.05) is 58.1 Å². The molecule has 8 nitrogen and oxygen atoms in total. The van der Waals surface area contributed by atoms with Crippen LogP contribution in [0.1, 0.15) is 10.9 Å². The summed E-state index contributed by atoms with van der Waals surface area (Å²) in [6.07, 6.45) is 0. The Labute approximate surface area is 173 Å². The van der Waals surface area contributed by atoms with Gasteiger partial charge in [0.1, 0.15) is 5.82 Å². The number of benzene rings is 1. The first-order valence-electron chi connectivity index (χ1n) is 9.48. The van der Waals surface area contributed by atoms with E-state index in [1.165, 1.54) is 4.88 Å². The van der Waals surface area contributed by atoms with E-state index in [2.05, 4.69) is 37.7 Å². The van der Waals surface area contributed by atoms with Gasteiger partial charge < -0.3 is 25.3 Å². The molecule has 9 heteroatoms. The molecule has 0 radical (unpaired) electrons. The van der Waals surface area contributed by atoms with E-state index in [-0.39, 0.29) is 6.04 Å². The lowest BCUT2D eigenvalue weighted by molar-refractivity contribution is 0.0193. The molecule has 29 heavy (non-hydrogen) atoms. The van der Waals surface area contributed by atoms with Crippen LogP contribution in [0.3, 0.4) is 0 Å². The van der Waals surface area contributed by atoms with Gasteiger partial charge in [0.05, 0.1) is 39.0 Å². The number of ether oxygens (including phenoxy) is 3. The molecular formula is C20H25N5O3S. The maximum absolute atomic E-state index is 6.20. The Morgan fingerprint density at radius 2 is 1.97 bits per heavy atom. The maximum atomic E-state index is 6.20. The Hall–Kier alpha value is -2.62. The summed E-state index contributed by atoms with van der Waals surface area (Å²) in [4.78, 5) is 12.8. The van der Waals surface area contributed by atoms with Crippen molar-refractivity contribution in [3.8, 4) is 11.5 Å². The van der Waals surface area contributed by atoms with Gasteiger partial charge in [0.15, 0.2) is 11.5 Å². The van der Waals surface area contributed by atoms with Crippen LogP contribution in [-0.4, -0.2) is 61.9 Å². The third-order valence-electron chi connectivity index (χ3n) is 5.04. The molecular weight excluding hydrogens is 390 g/mol. The Balaban J connectivity index is 1.59. The number of nitrogen functional groups attached to an aromatic ring is 1. The topological polar surface area (TPSA) is 94.8 Å². The van der Waals surface area contributed by atoms with Crippen molar-refractivity contribution in [1.29, 1.82) is 0 Å². The number of thiophene rings is 1. The van der Waals surface area contributed by atoms with Gasteiger partial charge in [0.25, 0.3) is 0 Å². The van der Waals surface area contributed by atoms with Gasteiger partial charge in [-0.25, -0.2) is 4.98 Å². The fourth-order valence-corrected chi connectivity index (χ4v) is 4.39. The van der Waals surface area contributed by atoms with Crippen molar-refractivity contribution in [2.24, 2.45) is 0 Å². The number of nitrogens with one attached hydrogen (secondary N) is 1. The zero-order chi connectivity index (χ0) is 20.2. The minimum Gasteiger partial charge on any atom is -0.493 e. The highest BCUT2D eigenvalue weighted by atomic mass is 32.1. The quantitative estimate of drug-likeness (QED) is 0.608. The molecule has 1 aromatic carbocycles. The zero-order valence-electron chi connectivity index (χ0n) is 16.6. The Morgan fingerprint density at radius 1 is 1.21 bits per heavy atom. The standard InChI is InChI=1S/C20H25N5O3S/c1-26-16-10-13-14(11-17(16)27-2)23-20(24-19(13)21)22-12-15(18-4-3-9-29-18)25-5-7-28-8-6-25/h3-4,9-11,15H,5-8,12H2,1-2H3,(H3,21,22,23,24). The highest BCUT2D eigenvalue weighted by Gasteiger charge is 2.23. The van der Waals surface area contributed by atoms with Crippen LogP contribution in [0.15, 0.2) is 29.6 Å². The number of hydrogen-bond donors (Lipinski definition) is 2. The van der Waals surface area contributed by atoms with E-state index in [0.29, 0.717) is 35.3 Å². The number of methoxy groups -OCH3 is 2. The van der Waals surface area contributed by atoms with E-state index in [0.717, 1.165) is 31.7 Å². The molecule has 1 aliphatic heterocycles. The Morgan fingerprint density at radius 3 is 2.66 bits per heavy atom. The molecule has 3 N–H and O–H groups in total. The minimum atomic E-state index is 0.227. The second-order valence-electron chi connectivity index (χ2n) is 6.72. The van der Waals surface area contributed by atoms with E-state index in [9.17, 15) is 0 Å². The summed E-state index contributed by atoms with van der Waals surface area (Å²) in [7, 11) is 3.19. The van der Waals surface area contributed by atoms with Gasteiger partial charge in [0, 0.05) is 36.0 Å². The van der Waals surface area contributed by atoms with E-state index in [1.54, 1.807) is 31.6 Å². The summed E-state index contributed by atoms with van der Waals surface area (Å²) in [5.74, 6) is 2.10. The monoisotopic (exact) mass is 415 g/mol. The number of morpholine rings is 1. The van der Waals surface area contributed by atoms with Gasteiger partial charge in [-0.1, -0.05) is 6.07 Å². The largest absolute Gasteiger partial charge is 0.493 e. The SMILES string of the molecule is COc1cc2nc(NCC(c3cccs3)N3CCOCC3)nc(N)c2cc1OC. The smallest absolute Gasteiger partial charge is 0.225 e. The molecule has 1 atom stereocenters. The van der Waals surface area contributed by atoms with Crippen LogP contribution >= 0.6 is 11.3 Å². The van der Waals surface area contributed by atoms with Crippen LogP contribution in [0.25, 0.3) is 10.9 Å². The van der Waals surface area contributed by atoms with Crippen LogP contribution in [0.2, 0.25) is 0 Å². The molecule has 1 aliphatic rings. The van der Waals surface area contributed by atoms with Crippen molar-refractivity contribution in [3.63, 3.8) is 0 Å². The molecule has 3 heterocycles. The Bertz CT molecular complexity index is 960. The number of aromatic nitrogens is 2. The van der Waals surface area contributed by atoms with E-state index in [1.807, 2.05) is 6.07 Å². The van der Waals surface area contributed by atoms with Gasteiger partial charge in [-0.15, -0.1) is 11.3 Å². The lowest BCUT2D eigenvalue weighted by atomic mass is 10.2. The molecule has 0 saturated carbocycles. The number of nitrogens with zero attached hydrogens (tertiary/aromatic N) is 3. The molecule has 3 aromatic rings. The van der Waals surface area contributed by atoms with E-state index >= 15 is 0 Å². The predicted octanol–water partition coefficient (Wildman–Crippen LogP) is 2.78. The van der Waals surface area contributed by atoms with Gasteiger partial charge in [-0.3, -0.25) is 4.90 Å². The first-order chi connectivity index (χ1) is 14.2. The van der Waals surface area contributed by atoms with Crippen molar-refractivity contribution in [1.82, 2.24) is 14.9 Å². The Kier molecular flexibility index (Phi) is 5.98. The third-order valence-corrected chi connectivity index (χ3v) is 6.02. The molecule has 1 saturated heterocycles. The number of anilines is 2. The normalized spacial score (nSPS) is 15.9. The predicted molar refractivity (Wildman–Crippen MR) is 115 cm³/mol. The molecule has 0 amide bonds. The second kappa shape index (κ2) is 8.81. The number of nitrogens with two attached hydrogens (primary N) is 1. The number of fused-ring (bicyclic) bond motifs is 1. The summed E-state index contributed by atoms with van der Waals surface area (Å²) in [6, 6.07) is 8.09. The minimum absolute atomic E-state index is 0.227. The first-order valence-corrected chi connectivity index (χ1v) is 10.4. The third kappa shape index (κ3) is 4.21. The molecule has 4 rings (SSSR count). The van der Waals surface area contributed by atoms with Gasteiger partial charge in [-0.05, 0) is 17.5 Å². The first kappa shape index (κ1) is 19.7. The average Bonchev–Trinajstić information content (AvgIpc) is 3.28. The summed E-state index contributed by atoms with van der Waals surface area (Å²) in [5.41, 5.74) is 6.91.